The Hall–Kier alpha value is -0.840. The van der Waals surface area contributed by atoms with Crippen molar-refractivity contribution in [2.24, 2.45) is 5.92 Å². The van der Waals surface area contributed by atoms with Gasteiger partial charge in [-0.25, -0.2) is 5.10 Å². The van der Waals surface area contributed by atoms with E-state index >= 15 is 0 Å². The molecule has 2 rings (SSSR count). The van der Waals surface area contributed by atoms with E-state index in [-0.39, 0.29) is 5.56 Å². The molecule has 1 aromatic heterocycles. The first kappa shape index (κ1) is 9.71. The van der Waals surface area contributed by atoms with Gasteiger partial charge in [-0.3, -0.25) is 4.79 Å². The molecule has 2 N–H and O–H groups in total. The number of hydrogen-bond donors (Lipinski definition) is 2. The number of aromatic nitrogens is 2. The first-order valence-corrected chi connectivity index (χ1v) is 5.53. The maximum atomic E-state index is 11.1. The lowest BCUT2D eigenvalue weighted by molar-refractivity contribution is 0.759. The van der Waals surface area contributed by atoms with E-state index in [9.17, 15) is 4.79 Å². The minimum atomic E-state index is -0.193. The first-order valence-electron chi connectivity index (χ1n) is 4.74. The molecule has 0 amide bonds. The number of nitrogens with one attached hydrogen (secondary N) is 2. The van der Waals surface area contributed by atoms with Gasteiger partial charge in [-0.05, 0) is 28.3 Å². The number of aromatic amines is 1. The second kappa shape index (κ2) is 4.13. The van der Waals surface area contributed by atoms with Crippen LogP contribution in [0, 0.1) is 5.92 Å². The molecule has 0 saturated heterocycles. The van der Waals surface area contributed by atoms with E-state index in [0.717, 1.165) is 18.2 Å². The zero-order valence-corrected chi connectivity index (χ0v) is 9.30. The number of anilines is 1. The summed E-state index contributed by atoms with van der Waals surface area (Å²) >= 11 is 3.22. The molecular formula is C9H12BrN3O. The van der Waals surface area contributed by atoms with Crippen LogP contribution in [0.15, 0.2) is 15.5 Å². The molecule has 0 spiro atoms. The quantitative estimate of drug-likeness (QED) is 0.864. The molecule has 1 saturated carbocycles. The van der Waals surface area contributed by atoms with E-state index in [4.69, 9.17) is 0 Å². The number of nitrogens with zero attached hydrogens (tertiary/aromatic N) is 1. The highest BCUT2D eigenvalue weighted by Gasteiger charge is 2.20. The predicted octanol–water partition coefficient (Wildman–Crippen LogP) is 1.74. The van der Waals surface area contributed by atoms with E-state index in [1.165, 1.54) is 19.3 Å². The zero-order chi connectivity index (χ0) is 9.97. The molecule has 0 unspecified atom stereocenters. The van der Waals surface area contributed by atoms with E-state index in [0.29, 0.717) is 4.47 Å². The van der Waals surface area contributed by atoms with Gasteiger partial charge in [0.2, 0.25) is 0 Å². The summed E-state index contributed by atoms with van der Waals surface area (Å²) in [7, 11) is 0. The number of rotatable bonds is 4. The minimum Gasteiger partial charge on any atom is -0.383 e. The van der Waals surface area contributed by atoms with Crippen LogP contribution in [-0.4, -0.2) is 16.7 Å². The molecule has 1 fully saturated rings. The first-order chi connectivity index (χ1) is 6.77. The average molecular weight is 258 g/mol. The smallest absolute Gasteiger partial charge is 0.280 e. The highest BCUT2D eigenvalue weighted by Crippen LogP contribution is 2.32. The van der Waals surface area contributed by atoms with E-state index in [2.05, 4.69) is 31.4 Å². The number of H-pyrrole nitrogens is 1. The summed E-state index contributed by atoms with van der Waals surface area (Å²) in [5, 5.41) is 9.28. The van der Waals surface area contributed by atoms with Crippen LogP contribution in [0.2, 0.25) is 0 Å². The molecule has 4 nitrogen and oxygen atoms in total. The van der Waals surface area contributed by atoms with Crippen molar-refractivity contribution in [1.82, 2.24) is 10.2 Å². The van der Waals surface area contributed by atoms with Gasteiger partial charge >= 0.3 is 0 Å². The highest BCUT2D eigenvalue weighted by atomic mass is 79.9. The predicted molar refractivity (Wildman–Crippen MR) is 58.4 cm³/mol. The fourth-order valence-corrected chi connectivity index (χ4v) is 1.66. The Balaban J connectivity index is 1.93. The summed E-state index contributed by atoms with van der Waals surface area (Å²) in [6, 6.07) is 0. The molecule has 0 atom stereocenters. The van der Waals surface area contributed by atoms with Crippen molar-refractivity contribution in [3.8, 4) is 0 Å². The van der Waals surface area contributed by atoms with E-state index in [1.807, 2.05) is 0 Å². The van der Waals surface area contributed by atoms with Gasteiger partial charge in [-0.1, -0.05) is 12.8 Å². The van der Waals surface area contributed by atoms with Gasteiger partial charge in [-0.15, -0.1) is 0 Å². The maximum Gasteiger partial charge on any atom is 0.280 e. The van der Waals surface area contributed by atoms with Crippen LogP contribution in [0.1, 0.15) is 19.3 Å². The van der Waals surface area contributed by atoms with Gasteiger partial charge in [0.05, 0.1) is 11.9 Å². The molecule has 0 aromatic carbocycles. The standard InChI is InChI=1S/C9H12BrN3O/c10-8-7(5-12-13-9(8)14)11-4-3-6-1-2-6/h5-6H,1-4H2,(H2,11,13,14). The Labute approximate surface area is 90.2 Å². The van der Waals surface area contributed by atoms with Crippen LogP contribution < -0.4 is 10.9 Å². The molecule has 1 aromatic rings. The van der Waals surface area contributed by atoms with Gasteiger partial charge in [0.15, 0.2) is 0 Å². The summed E-state index contributed by atoms with van der Waals surface area (Å²) in [6.07, 6.45) is 5.52. The van der Waals surface area contributed by atoms with Crippen molar-refractivity contribution in [2.45, 2.75) is 19.3 Å². The normalized spacial score (nSPS) is 15.5. The van der Waals surface area contributed by atoms with Crippen LogP contribution in [-0.2, 0) is 0 Å². The summed E-state index contributed by atoms with van der Waals surface area (Å²) in [6.45, 7) is 0.911. The third-order valence-electron chi connectivity index (χ3n) is 2.36. The molecule has 0 bridgehead atoms. The molecule has 76 valence electrons. The van der Waals surface area contributed by atoms with Crippen molar-refractivity contribution in [1.29, 1.82) is 0 Å². The molecule has 1 aliphatic rings. The lowest BCUT2D eigenvalue weighted by Crippen LogP contribution is -2.13. The Kier molecular flexibility index (Phi) is 2.86. The second-order valence-electron chi connectivity index (χ2n) is 3.59. The van der Waals surface area contributed by atoms with Crippen molar-refractivity contribution in [3.63, 3.8) is 0 Å². The van der Waals surface area contributed by atoms with Gasteiger partial charge < -0.3 is 5.32 Å². The minimum absolute atomic E-state index is 0.193. The van der Waals surface area contributed by atoms with Crippen molar-refractivity contribution in [2.75, 3.05) is 11.9 Å². The molecule has 14 heavy (non-hydrogen) atoms. The molecular weight excluding hydrogens is 246 g/mol. The van der Waals surface area contributed by atoms with Gasteiger partial charge in [0, 0.05) is 6.54 Å². The molecule has 5 heteroatoms. The van der Waals surface area contributed by atoms with Crippen LogP contribution in [0.25, 0.3) is 0 Å². The summed E-state index contributed by atoms with van der Waals surface area (Å²) in [5.41, 5.74) is 0.579. The van der Waals surface area contributed by atoms with Gasteiger partial charge in [0.1, 0.15) is 4.47 Å². The third kappa shape index (κ3) is 2.35. The van der Waals surface area contributed by atoms with Crippen LogP contribution in [0.3, 0.4) is 0 Å². The molecule has 0 aliphatic heterocycles. The van der Waals surface area contributed by atoms with Gasteiger partial charge in [0.25, 0.3) is 5.56 Å². The lowest BCUT2D eigenvalue weighted by atomic mass is 10.3. The second-order valence-corrected chi connectivity index (χ2v) is 4.38. The Morgan fingerprint density at radius 3 is 3.14 bits per heavy atom. The number of hydrogen-bond acceptors (Lipinski definition) is 3. The molecule has 0 radical (unpaired) electrons. The largest absolute Gasteiger partial charge is 0.383 e. The number of halogens is 1. The topological polar surface area (TPSA) is 57.8 Å². The third-order valence-corrected chi connectivity index (χ3v) is 3.15. The Morgan fingerprint density at radius 1 is 1.64 bits per heavy atom. The zero-order valence-electron chi connectivity index (χ0n) is 7.72. The van der Waals surface area contributed by atoms with Crippen molar-refractivity contribution < 1.29 is 0 Å². The van der Waals surface area contributed by atoms with Crippen molar-refractivity contribution in [3.05, 3.63) is 21.0 Å². The molecule has 1 aliphatic carbocycles. The SMILES string of the molecule is O=c1[nH]ncc(NCCC2CC2)c1Br. The summed E-state index contributed by atoms with van der Waals surface area (Å²) in [4.78, 5) is 11.1. The summed E-state index contributed by atoms with van der Waals surface area (Å²) in [5.74, 6) is 0.899. The fraction of sp³-hybridized carbons (Fsp3) is 0.556. The molecule has 1 heterocycles. The van der Waals surface area contributed by atoms with Crippen molar-refractivity contribution >= 4 is 21.6 Å². The maximum absolute atomic E-state index is 11.1. The average Bonchev–Trinajstić information content (AvgIpc) is 2.96. The van der Waals surface area contributed by atoms with Gasteiger partial charge in [-0.2, -0.15) is 5.10 Å². The highest BCUT2D eigenvalue weighted by molar-refractivity contribution is 9.10. The fourth-order valence-electron chi connectivity index (χ4n) is 1.32. The van der Waals surface area contributed by atoms with Crippen LogP contribution in [0.5, 0.6) is 0 Å². The van der Waals surface area contributed by atoms with E-state index in [1.54, 1.807) is 6.20 Å². The monoisotopic (exact) mass is 257 g/mol. The Morgan fingerprint density at radius 2 is 2.43 bits per heavy atom. The van der Waals surface area contributed by atoms with Crippen LogP contribution in [0.4, 0.5) is 5.69 Å². The summed E-state index contributed by atoms with van der Waals surface area (Å²) < 4.78 is 0.531. The van der Waals surface area contributed by atoms with Crippen LogP contribution >= 0.6 is 15.9 Å². The lowest BCUT2D eigenvalue weighted by Gasteiger charge is -2.05. The van der Waals surface area contributed by atoms with E-state index < -0.39 is 0 Å². The Bertz CT molecular complexity index is 373.